The van der Waals surface area contributed by atoms with Gasteiger partial charge in [-0.2, -0.15) is 0 Å². The number of carbonyl (C=O) groups excluding carboxylic acids is 1. The minimum atomic E-state index is -0.728. The van der Waals surface area contributed by atoms with E-state index in [0.717, 1.165) is 19.6 Å². The first-order valence-corrected chi connectivity index (χ1v) is 6.38. The topological polar surface area (TPSA) is 52.6 Å². The third-order valence-electron chi connectivity index (χ3n) is 3.55. The second-order valence-electron chi connectivity index (χ2n) is 4.98. The van der Waals surface area contributed by atoms with Crippen molar-refractivity contribution in [3.8, 4) is 0 Å². The van der Waals surface area contributed by atoms with Gasteiger partial charge in [0.2, 0.25) is 6.41 Å². The van der Waals surface area contributed by atoms with Gasteiger partial charge < -0.3 is 10.4 Å². The summed E-state index contributed by atoms with van der Waals surface area (Å²) in [7, 11) is 0. The van der Waals surface area contributed by atoms with E-state index in [0.29, 0.717) is 25.8 Å². The van der Waals surface area contributed by atoms with Gasteiger partial charge in [-0.05, 0) is 18.4 Å². The third-order valence-corrected chi connectivity index (χ3v) is 3.55. The smallest absolute Gasteiger partial charge is 0.207 e. The normalized spacial score (nSPS) is 19.4. The standard InChI is InChI=1S/C14H20N2O2/c17-12-15-11-14(18)6-8-16(9-7-14)10-13-4-2-1-3-5-13/h1-5,12,18H,6-11H2,(H,15,17). The molecule has 0 spiro atoms. The number of carbonyl (C=O) groups is 1. The fourth-order valence-electron chi connectivity index (χ4n) is 2.38. The van der Waals surface area contributed by atoms with E-state index >= 15 is 0 Å². The van der Waals surface area contributed by atoms with Crippen LogP contribution in [0.3, 0.4) is 0 Å². The number of likely N-dealkylation sites (tertiary alicyclic amines) is 1. The quantitative estimate of drug-likeness (QED) is 0.756. The molecule has 4 heteroatoms. The van der Waals surface area contributed by atoms with Crippen LogP contribution in [0.5, 0.6) is 0 Å². The Labute approximate surface area is 108 Å². The predicted octanol–water partition coefficient (Wildman–Crippen LogP) is 0.759. The Kier molecular flexibility index (Phi) is 4.33. The maximum Gasteiger partial charge on any atom is 0.207 e. The highest BCUT2D eigenvalue weighted by atomic mass is 16.3. The predicted molar refractivity (Wildman–Crippen MR) is 70.0 cm³/mol. The van der Waals surface area contributed by atoms with Gasteiger partial charge >= 0.3 is 0 Å². The minimum Gasteiger partial charge on any atom is -0.388 e. The molecule has 0 aromatic heterocycles. The molecule has 1 heterocycles. The Morgan fingerprint density at radius 2 is 1.94 bits per heavy atom. The van der Waals surface area contributed by atoms with E-state index < -0.39 is 5.60 Å². The molecule has 0 saturated carbocycles. The van der Waals surface area contributed by atoms with E-state index in [1.54, 1.807) is 0 Å². The largest absolute Gasteiger partial charge is 0.388 e. The zero-order valence-electron chi connectivity index (χ0n) is 10.5. The first-order chi connectivity index (χ1) is 8.72. The molecule has 0 atom stereocenters. The van der Waals surface area contributed by atoms with Crippen molar-refractivity contribution in [3.63, 3.8) is 0 Å². The first-order valence-electron chi connectivity index (χ1n) is 6.38. The molecule has 4 nitrogen and oxygen atoms in total. The molecular formula is C14H20N2O2. The minimum absolute atomic E-state index is 0.357. The van der Waals surface area contributed by atoms with Crippen molar-refractivity contribution in [1.29, 1.82) is 0 Å². The zero-order chi connectivity index (χ0) is 12.8. The van der Waals surface area contributed by atoms with Crippen molar-refractivity contribution in [2.45, 2.75) is 25.0 Å². The van der Waals surface area contributed by atoms with E-state index in [-0.39, 0.29) is 0 Å². The van der Waals surface area contributed by atoms with Crippen LogP contribution in [0, 0.1) is 0 Å². The molecule has 0 radical (unpaired) electrons. The number of amides is 1. The Hall–Kier alpha value is -1.39. The summed E-state index contributed by atoms with van der Waals surface area (Å²) in [6.45, 7) is 3.02. The molecule has 18 heavy (non-hydrogen) atoms. The fourth-order valence-corrected chi connectivity index (χ4v) is 2.38. The first kappa shape index (κ1) is 13.1. The second-order valence-corrected chi connectivity index (χ2v) is 4.98. The molecule has 0 aliphatic carbocycles. The van der Waals surface area contributed by atoms with Gasteiger partial charge in [0.25, 0.3) is 0 Å². The van der Waals surface area contributed by atoms with Gasteiger partial charge in [0.1, 0.15) is 0 Å². The van der Waals surface area contributed by atoms with Gasteiger partial charge in [0, 0.05) is 26.2 Å². The van der Waals surface area contributed by atoms with E-state index in [2.05, 4.69) is 22.3 Å². The second kappa shape index (κ2) is 5.98. The van der Waals surface area contributed by atoms with Crippen LogP contribution in [0.1, 0.15) is 18.4 Å². The third kappa shape index (κ3) is 3.55. The maximum atomic E-state index is 10.3. The van der Waals surface area contributed by atoms with Gasteiger partial charge in [-0.3, -0.25) is 9.69 Å². The number of piperidine rings is 1. The summed E-state index contributed by atoms with van der Waals surface area (Å²) in [6, 6.07) is 10.3. The highest BCUT2D eigenvalue weighted by Crippen LogP contribution is 2.22. The number of hydrogen-bond donors (Lipinski definition) is 2. The van der Waals surface area contributed by atoms with Crippen molar-refractivity contribution >= 4 is 6.41 Å². The van der Waals surface area contributed by atoms with E-state index in [1.165, 1.54) is 5.56 Å². The average Bonchev–Trinajstić information content (AvgIpc) is 2.41. The SMILES string of the molecule is O=CNCC1(O)CCN(Cc2ccccc2)CC1. The number of hydrogen-bond acceptors (Lipinski definition) is 3. The van der Waals surface area contributed by atoms with Crippen LogP contribution in [-0.4, -0.2) is 41.7 Å². The van der Waals surface area contributed by atoms with Crippen LogP contribution < -0.4 is 5.32 Å². The fraction of sp³-hybridized carbons (Fsp3) is 0.500. The van der Waals surface area contributed by atoms with Crippen molar-refractivity contribution < 1.29 is 9.90 Å². The highest BCUT2D eigenvalue weighted by molar-refractivity contribution is 5.46. The van der Waals surface area contributed by atoms with Gasteiger partial charge in [-0.25, -0.2) is 0 Å². The molecule has 2 N–H and O–H groups in total. The monoisotopic (exact) mass is 248 g/mol. The molecule has 1 aromatic rings. The lowest BCUT2D eigenvalue weighted by Gasteiger charge is -2.38. The molecular weight excluding hydrogens is 228 g/mol. The summed E-state index contributed by atoms with van der Waals surface area (Å²) in [5, 5.41) is 12.8. The molecule has 1 aliphatic heterocycles. The molecule has 1 fully saturated rings. The molecule has 98 valence electrons. The van der Waals surface area contributed by atoms with Crippen LogP contribution in [0.25, 0.3) is 0 Å². The molecule has 0 bridgehead atoms. The van der Waals surface area contributed by atoms with Gasteiger partial charge in [0.15, 0.2) is 0 Å². The summed E-state index contributed by atoms with van der Waals surface area (Å²) < 4.78 is 0. The van der Waals surface area contributed by atoms with E-state index in [9.17, 15) is 9.90 Å². The van der Waals surface area contributed by atoms with E-state index in [4.69, 9.17) is 0 Å². The van der Waals surface area contributed by atoms with Gasteiger partial charge in [-0.1, -0.05) is 30.3 Å². The average molecular weight is 248 g/mol. The Bertz CT molecular complexity index is 373. The van der Waals surface area contributed by atoms with E-state index in [1.807, 2.05) is 18.2 Å². The van der Waals surface area contributed by atoms with Crippen molar-refractivity contribution in [1.82, 2.24) is 10.2 Å². The van der Waals surface area contributed by atoms with Crippen LogP contribution in [-0.2, 0) is 11.3 Å². The van der Waals surface area contributed by atoms with Crippen LogP contribution >= 0.6 is 0 Å². The maximum absolute atomic E-state index is 10.3. The van der Waals surface area contributed by atoms with Gasteiger partial charge in [0.05, 0.1) is 5.60 Å². The van der Waals surface area contributed by atoms with Crippen LogP contribution in [0.2, 0.25) is 0 Å². The summed E-state index contributed by atoms with van der Waals surface area (Å²) >= 11 is 0. The summed E-state index contributed by atoms with van der Waals surface area (Å²) in [4.78, 5) is 12.6. The number of aliphatic hydroxyl groups is 1. The number of benzene rings is 1. The summed E-state index contributed by atoms with van der Waals surface area (Å²) in [5.74, 6) is 0. The van der Waals surface area contributed by atoms with Crippen molar-refractivity contribution in [2.75, 3.05) is 19.6 Å². The number of rotatable bonds is 5. The molecule has 1 aromatic carbocycles. The molecule has 0 unspecified atom stereocenters. The van der Waals surface area contributed by atoms with Crippen molar-refractivity contribution in [2.24, 2.45) is 0 Å². The Morgan fingerprint density at radius 1 is 1.28 bits per heavy atom. The Morgan fingerprint density at radius 3 is 2.56 bits per heavy atom. The molecule has 1 aliphatic rings. The van der Waals surface area contributed by atoms with Crippen LogP contribution in [0.15, 0.2) is 30.3 Å². The molecule has 1 amide bonds. The lowest BCUT2D eigenvalue weighted by Crippen LogP contribution is -2.49. The Balaban J connectivity index is 1.81. The van der Waals surface area contributed by atoms with Gasteiger partial charge in [-0.15, -0.1) is 0 Å². The lowest BCUT2D eigenvalue weighted by atomic mass is 9.91. The summed E-state index contributed by atoms with van der Waals surface area (Å²) in [6.07, 6.45) is 2.07. The highest BCUT2D eigenvalue weighted by Gasteiger charge is 2.31. The number of nitrogens with one attached hydrogen (secondary N) is 1. The zero-order valence-corrected chi connectivity index (χ0v) is 10.5. The van der Waals surface area contributed by atoms with Crippen molar-refractivity contribution in [3.05, 3.63) is 35.9 Å². The number of nitrogens with zero attached hydrogens (tertiary/aromatic N) is 1. The summed E-state index contributed by atoms with van der Waals surface area (Å²) in [5.41, 5.74) is 0.572. The molecule has 2 rings (SSSR count). The lowest BCUT2D eigenvalue weighted by molar-refractivity contribution is -0.111. The van der Waals surface area contributed by atoms with Crippen LogP contribution in [0.4, 0.5) is 0 Å². The molecule has 1 saturated heterocycles.